The van der Waals surface area contributed by atoms with Gasteiger partial charge in [0.2, 0.25) is 0 Å². The zero-order valence-corrected chi connectivity index (χ0v) is 4.20. The molecule has 7 heavy (non-hydrogen) atoms. The van der Waals surface area contributed by atoms with Gasteiger partial charge in [0, 0.05) is 6.20 Å². The molecule has 0 amide bonds. The van der Waals surface area contributed by atoms with E-state index in [1.165, 1.54) is 11.8 Å². The number of nitrogens with one attached hydrogen (secondary N) is 1. The second-order valence-corrected chi connectivity index (χ2v) is 2.33. The second-order valence-electron chi connectivity index (χ2n) is 1.29. The molecule has 2 rings (SSSR count). The van der Waals surface area contributed by atoms with Crippen LogP contribution < -0.4 is 5.32 Å². The topological polar surface area (TPSA) is 37.1 Å². The van der Waals surface area contributed by atoms with Gasteiger partial charge in [-0.2, -0.15) is 9.78 Å². The second kappa shape index (κ2) is 0.964. The molecule has 0 unspecified atom stereocenters. The lowest BCUT2D eigenvalue weighted by molar-refractivity contribution is 0.0850. The molecule has 3 nitrogen and oxygen atoms in total. The van der Waals surface area contributed by atoms with E-state index in [2.05, 4.69) is 15.1 Å². The summed E-state index contributed by atoms with van der Waals surface area (Å²) < 4.78 is 0. The van der Waals surface area contributed by atoms with Gasteiger partial charge in [-0.3, -0.25) is 0 Å². The fourth-order valence-corrected chi connectivity index (χ4v) is 0.983. The zero-order chi connectivity index (χ0) is 4.74. The van der Waals surface area contributed by atoms with E-state index >= 15 is 0 Å². The van der Waals surface area contributed by atoms with Crippen molar-refractivity contribution in [1.29, 1.82) is 0 Å². The Morgan fingerprint density at radius 1 is 1.57 bits per heavy atom. The van der Waals surface area contributed by atoms with Crippen molar-refractivity contribution in [3.05, 3.63) is 11.6 Å². The van der Waals surface area contributed by atoms with Crippen molar-refractivity contribution in [1.82, 2.24) is 5.32 Å². The van der Waals surface area contributed by atoms with Gasteiger partial charge in [-0.25, -0.2) is 0 Å². The lowest BCUT2D eigenvalue weighted by Crippen LogP contribution is -2.17. The van der Waals surface area contributed by atoms with Crippen LogP contribution in [0.2, 0.25) is 0 Å². The normalized spacial score (nSPS) is 30.9. The van der Waals surface area contributed by atoms with Crippen molar-refractivity contribution in [2.24, 2.45) is 0 Å². The van der Waals surface area contributed by atoms with Gasteiger partial charge in [0.1, 0.15) is 0 Å². The van der Waals surface area contributed by atoms with E-state index in [-0.39, 0.29) is 0 Å². The van der Waals surface area contributed by atoms with Crippen LogP contribution in [-0.4, -0.2) is 5.24 Å². The number of hydrogen-bond donors (Lipinski definition) is 1. The van der Waals surface area contributed by atoms with Gasteiger partial charge in [-0.05, 0) is 17.2 Å². The maximum absolute atomic E-state index is 4.55. The Balaban J connectivity index is 2.14. The third kappa shape index (κ3) is 0.442. The first-order chi connectivity index (χ1) is 3.41. The summed E-state index contributed by atoms with van der Waals surface area (Å²) >= 11 is 1.47. The molecule has 4 heteroatoms. The standard InChI is InChI=1S/C3H3NO2S/c1-2-7-3(4-1)5-6-3/h1-2,4H. The molecule has 1 fully saturated rings. The lowest BCUT2D eigenvalue weighted by Gasteiger charge is -1.90. The van der Waals surface area contributed by atoms with E-state index in [9.17, 15) is 0 Å². The monoisotopic (exact) mass is 117 g/mol. The highest BCUT2D eigenvalue weighted by Gasteiger charge is 2.51. The van der Waals surface area contributed by atoms with Gasteiger partial charge in [0.25, 0.3) is 0 Å². The largest absolute Gasteiger partial charge is 0.361 e. The van der Waals surface area contributed by atoms with Crippen molar-refractivity contribution in [3.8, 4) is 0 Å². The molecule has 1 spiro atoms. The van der Waals surface area contributed by atoms with Gasteiger partial charge >= 0.3 is 5.24 Å². The molecule has 2 aliphatic rings. The summed E-state index contributed by atoms with van der Waals surface area (Å²) in [7, 11) is 0. The Kier molecular flexibility index (Phi) is 0.519. The molecule has 0 aromatic rings. The third-order valence-corrected chi connectivity index (χ3v) is 1.62. The minimum Gasteiger partial charge on any atom is -0.327 e. The van der Waals surface area contributed by atoms with Crippen LogP contribution in [0.25, 0.3) is 0 Å². The molecule has 2 aliphatic heterocycles. The zero-order valence-electron chi connectivity index (χ0n) is 3.38. The maximum atomic E-state index is 4.55. The van der Waals surface area contributed by atoms with Crippen molar-refractivity contribution in [2.45, 2.75) is 5.24 Å². The van der Waals surface area contributed by atoms with Crippen molar-refractivity contribution < 1.29 is 9.78 Å². The van der Waals surface area contributed by atoms with Crippen LogP contribution in [0.1, 0.15) is 0 Å². The van der Waals surface area contributed by atoms with Crippen molar-refractivity contribution >= 4 is 11.8 Å². The Labute approximate surface area is 44.6 Å². The fraction of sp³-hybridized carbons (Fsp3) is 0.333. The van der Waals surface area contributed by atoms with Crippen LogP contribution in [0.3, 0.4) is 0 Å². The summed E-state index contributed by atoms with van der Waals surface area (Å²) in [6, 6.07) is 0. The van der Waals surface area contributed by atoms with Crippen molar-refractivity contribution in [2.75, 3.05) is 0 Å². The summed E-state index contributed by atoms with van der Waals surface area (Å²) in [6.07, 6.45) is 1.79. The van der Waals surface area contributed by atoms with Crippen LogP contribution >= 0.6 is 11.8 Å². The van der Waals surface area contributed by atoms with Gasteiger partial charge in [-0.1, -0.05) is 0 Å². The first-order valence-corrected chi connectivity index (χ1v) is 2.77. The quantitative estimate of drug-likeness (QED) is 0.367. The molecule has 0 aromatic heterocycles. The predicted molar refractivity (Wildman–Crippen MR) is 24.8 cm³/mol. The van der Waals surface area contributed by atoms with E-state index in [0.29, 0.717) is 0 Å². The van der Waals surface area contributed by atoms with Gasteiger partial charge in [0.15, 0.2) is 0 Å². The van der Waals surface area contributed by atoms with E-state index in [4.69, 9.17) is 0 Å². The Morgan fingerprint density at radius 2 is 2.43 bits per heavy atom. The SMILES string of the molecule is C1=CSC2(N1)OO2. The minimum absolute atomic E-state index is 0.500. The molecule has 0 bridgehead atoms. The van der Waals surface area contributed by atoms with Gasteiger partial charge < -0.3 is 5.32 Å². The smallest absolute Gasteiger partial charge is 0.327 e. The number of rotatable bonds is 0. The van der Waals surface area contributed by atoms with Crippen molar-refractivity contribution in [3.63, 3.8) is 0 Å². The summed E-state index contributed by atoms with van der Waals surface area (Å²) in [5.41, 5.74) is 0. The third-order valence-electron chi connectivity index (χ3n) is 0.786. The van der Waals surface area contributed by atoms with E-state index in [0.717, 1.165) is 0 Å². The van der Waals surface area contributed by atoms with Gasteiger partial charge in [-0.15, -0.1) is 0 Å². The maximum Gasteiger partial charge on any atom is 0.361 e. The van der Waals surface area contributed by atoms with Gasteiger partial charge in [0.05, 0.1) is 0 Å². The highest BCUT2D eigenvalue weighted by Crippen LogP contribution is 2.42. The van der Waals surface area contributed by atoms with Crippen LogP contribution in [-0.2, 0) is 9.78 Å². The molecule has 0 atom stereocenters. The molecule has 0 aromatic carbocycles. The molecule has 2 heterocycles. The molecular formula is C3H3NO2S. The molecular weight excluding hydrogens is 114 g/mol. The lowest BCUT2D eigenvalue weighted by atomic mass is 10.9. The molecule has 0 aliphatic carbocycles. The Bertz CT molecular complexity index is 110. The molecule has 0 saturated carbocycles. The number of thioether (sulfide) groups is 1. The van der Waals surface area contributed by atoms with Crippen LogP contribution in [0.15, 0.2) is 11.6 Å². The molecule has 1 N–H and O–H groups in total. The summed E-state index contributed by atoms with van der Waals surface area (Å²) in [5.74, 6) is 0. The fourth-order valence-electron chi connectivity index (χ4n) is 0.419. The van der Waals surface area contributed by atoms with Crippen LogP contribution in [0, 0.1) is 0 Å². The summed E-state index contributed by atoms with van der Waals surface area (Å²) in [6.45, 7) is 0. The molecule has 0 radical (unpaired) electrons. The predicted octanol–water partition coefficient (Wildman–Crippen LogP) is 0.367. The Morgan fingerprint density at radius 3 is 2.71 bits per heavy atom. The van der Waals surface area contributed by atoms with Crippen LogP contribution in [0.5, 0.6) is 0 Å². The molecule has 38 valence electrons. The van der Waals surface area contributed by atoms with E-state index in [1.54, 1.807) is 6.20 Å². The highest BCUT2D eigenvalue weighted by molar-refractivity contribution is 8.03. The van der Waals surface area contributed by atoms with Crippen LogP contribution in [0.4, 0.5) is 0 Å². The number of hydrogen-bond acceptors (Lipinski definition) is 4. The van der Waals surface area contributed by atoms with E-state index in [1.807, 2.05) is 5.41 Å². The molecule has 1 saturated heterocycles. The summed E-state index contributed by atoms with van der Waals surface area (Å²) in [5, 5.41) is 4.23. The first-order valence-electron chi connectivity index (χ1n) is 1.89. The highest BCUT2D eigenvalue weighted by atomic mass is 32.2. The average molecular weight is 117 g/mol. The average Bonchev–Trinajstić information content (AvgIpc) is 2.15. The van der Waals surface area contributed by atoms with E-state index < -0.39 is 5.24 Å². The Hall–Kier alpha value is -0.190. The first kappa shape index (κ1) is 3.77. The minimum atomic E-state index is -0.500. The summed E-state index contributed by atoms with van der Waals surface area (Å²) in [4.78, 5) is 9.09.